The minimum absolute atomic E-state index is 0.112. The van der Waals surface area contributed by atoms with Crippen LogP contribution in [0, 0.1) is 5.92 Å². The van der Waals surface area contributed by atoms with Crippen LogP contribution >= 0.6 is 0 Å². The van der Waals surface area contributed by atoms with E-state index in [0.717, 1.165) is 5.56 Å². The highest BCUT2D eigenvalue weighted by atomic mass is 16.6. The van der Waals surface area contributed by atoms with Crippen molar-refractivity contribution in [3.8, 4) is 0 Å². The Kier molecular flexibility index (Phi) is 8.09. The molecule has 2 amide bonds. The Labute approximate surface area is 154 Å². The topological polar surface area (TPSA) is 93.7 Å². The smallest absolute Gasteiger partial charge is 0.407 e. The summed E-state index contributed by atoms with van der Waals surface area (Å²) in [4.78, 5) is 35.9. The Morgan fingerprint density at radius 2 is 1.69 bits per heavy atom. The van der Waals surface area contributed by atoms with E-state index in [-0.39, 0.29) is 19.1 Å². The van der Waals surface area contributed by atoms with E-state index in [1.807, 2.05) is 30.3 Å². The highest BCUT2D eigenvalue weighted by Crippen LogP contribution is 2.12. The molecule has 2 N–H and O–H groups in total. The van der Waals surface area contributed by atoms with Gasteiger partial charge in [0.15, 0.2) is 0 Å². The van der Waals surface area contributed by atoms with Crippen molar-refractivity contribution >= 4 is 18.0 Å². The van der Waals surface area contributed by atoms with Gasteiger partial charge in [0.25, 0.3) is 0 Å². The van der Waals surface area contributed by atoms with Crippen LogP contribution in [0.2, 0.25) is 0 Å². The van der Waals surface area contributed by atoms with E-state index in [0.29, 0.717) is 0 Å². The molecule has 0 heterocycles. The Balaban J connectivity index is 2.42. The normalized spacial score (nSPS) is 12.2. The molecule has 1 rings (SSSR count). The first-order valence-corrected chi connectivity index (χ1v) is 8.55. The lowest BCUT2D eigenvalue weighted by molar-refractivity contribution is -0.159. The molecule has 144 valence electrons. The van der Waals surface area contributed by atoms with Gasteiger partial charge in [-0.2, -0.15) is 0 Å². The summed E-state index contributed by atoms with van der Waals surface area (Å²) in [5, 5.41) is 4.94. The number of carbonyl (C=O) groups excluding carboxylic acids is 3. The Morgan fingerprint density at radius 3 is 2.23 bits per heavy atom. The van der Waals surface area contributed by atoms with E-state index in [9.17, 15) is 14.4 Å². The number of hydrogen-bond acceptors (Lipinski definition) is 5. The highest BCUT2D eigenvalue weighted by Gasteiger charge is 2.29. The number of hydrogen-bond donors (Lipinski definition) is 2. The third-order valence-corrected chi connectivity index (χ3v) is 3.25. The minimum atomic E-state index is -0.788. The maximum atomic E-state index is 12.2. The number of benzene rings is 1. The molecule has 0 bridgehead atoms. The van der Waals surface area contributed by atoms with Crippen molar-refractivity contribution in [2.24, 2.45) is 5.92 Å². The fraction of sp³-hybridized carbons (Fsp3) is 0.526. The number of nitrogens with one attached hydrogen (secondary N) is 2. The van der Waals surface area contributed by atoms with Crippen LogP contribution in [0.15, 0.2) is 30.3 Å². The average molecular weight is 364 g/mol. The van der Waals surface area contributed by atoms with E-state index in [1.54, 1.807) is 34.6 Å². The van der Waals surface area contributed by atoms with Gasteiger partial charge in [-0.05, 0) is 32.3 Å². The molecule has 26 heavy (non-hydrogen) atoms. The molecule has 0 saturated heterocycles. The van der Waals surface area contributed by atoms with Gasteiger partial charge in [-0.3, -0.25) is 4.79 Å². The summed E-state index contributed by atoms with van der Waals surface area (Å²) < 4.78 is 10.3. The van der Waals surface area contributed by atoms with Crippen molar-refractivity contribution < 1.29 is 23.9 Å². The van der Waals surface area contributed by atoms with Gasteiger partial charge in [0.2, 0.25) is 5.91 Å². The largest absolute Gasteiger partial charge is 0.458 e. The molecule has 0 aliphatic heterocycles. The lowest BCUT2D eigenvalue weighted by Crippen LogP contribution is -2.50. The monoisotopic (exact) mass is 364 g/mol. The fourth-order valence-corrected chi connectivity index (χ4v) is 2.01. The second-order valence-electron chi connectivity index (χ2n) is 7.24. The van der Waals surface area contributed by atoms with E-state index >= 15 is 0 Å². The number of esters is 1. The quantitative estimate of drug-likeness (QED) is 0.725. The predicted octanol–water partition coefficient (Wildman–Crippen LogP) is 2.40. The van der Waals surface area contributed by atoms with Gasteiger partial charge >= 0.3 is 12.1 Å². The van der Waals surface area contributed by atoms with Gasteiger partial charge < -0.3 is 20.1 Å². The predicted molar refractivity (Wildman–Crippen MR) is 97.2 cm³/mol. The van der Waals surface area contributed by atoms with Crippen molar-refractivity contribution in [3.05, 3.63) is 35.9 Å². The molecular formula is C19H28N2O5. The number of alkyl carbamates (subject to hydrolysis) is 1. The van der Waals surface area contributed by atoms with E-state index in [1.165, 1.54) is 0 Å². The van der Waals surface area contributed by atoms with Crippen LogP contribution in [0.1, 0.15) is 40.2 Å². The van der Waals surface area contributed by atoms with Crippen LogP contribution in [0.4, 0.5) is 4.79 Å². The lowest BCUT2D eigenvalue weighted by atomic mass is 10.0. The molecule has 7 heteroatoms. The molecule has 1 aromatic carbocycles. The second-order valence-corrected chi connectivity index (χ2v) is 7.24. The molecule has 0 aromatic heterocycles. The molecule has 0 radical (unpaired) electrons. The number of carbonyl (C=O) groups is 3. The molecule has 0 unspecified atom stereocenters. The molecule has 1 atom stereocenters. The molecule has 0 fully saturated rings. The van der Waals surface area contributed by atoms with E-state index in [2.05, 4.69) is 10.6 Å². The van der Waals surface area contributed by atoms with E-state index in [4.69, 9.17) is 9.47 Å². The fourth-order valence-electron chi connectivity index (χ4n) is 2.01. The maximum Gasteiger partial charge on any atom is 0.407 e. The number of ether oxygens (including phenoxy) is 2. The third kappa shape index (κ3) is 8.50. The van der Waals surface area contributed by atoms with Crippen molar-refractivity contribution in [2.45, 2.75) is 52.9 Å². The zero-order valence-electron chi connectivity index (χ0n) is 16.0. The zero-order valence-corrected chi connectivity index (χ0v) is 16.0. The van der Waals surface area contributed by atoms with Crippen LogP contribution in [0.25, 0.3) is 0 Å². The third-order valence-electron chi connectivity index (χ3n) is 3.25. The van der Waals surface area contributed by atoms with Gasteiger partial charge in [0, 0.05) is 0 Å². The Bertz CT molecular complexity index is 608. The average Bonchev–Trinajstić information content (AvgIpc) is 2.55. The second kappa shape index (κ2) is 9.79. The summed E-state index contributed by atoms with van der Waals surface area (Å²) in [7, 11) is 0. The summed E-state index contributed by atoms with van der Waals surface area (Å²) in [6.07, 6.45) is -0.706. The summed E-state index contributed by atoms with van der Waals surface area (Å²) >= 11 is 0. The summed E-state index contributed by atoms with van der Waals surface area (Å²) in [6, 6.07) is 8.41. The van der Waals surface area contributed by atoms with Gasteiger partial charge in [-0.25, -0.2) is 9.59 Å². The van der Waals surface area contributed by atoms with Crippen molar-refractivity contribution in [3.63, 3.8) is 0 Å². The maximum absolute atomic E-state index is 12.2. The molecule has 0 saturated carbocycles. The van der Waals surface area contributed by atoms with Crippen molar-refractivity contribution in [2.75, 3.05) is 6.54 Å². The Hall–Kier alpha value is -2.57. The highest BCUT2D eigenvalue weighted by molar-refractivity contribution is 5.87. The summed E-state index contributed by atoms with van der Waals surface area (Å²) in [6.45, 7) is 8.70. The van der Waals surface area contributed by atoms with Crippen LogP contribution in [0.3, 0.4) is 0 Å². The van der Waals surface area contributed by atoms with Crippen molar-refractivity contribution in [1.82, 2.24) is 10.6 Å². The standard InChI is InChI=1S/C19H28N2O5/c1-13(2)16(17(23)26-19(3,4)5)21-15(22)11-20-18(24)25-12-14-9-7-6-8-10-14/h6-10,13,16H,11-12H2,1-5H3,(H,20,24)(H,21,22)/t16-/m0/s1. The van der Waals surface area contributed by atoms with Gasteiger partial charge in [0.1, 0.15) is 24.8 Å². The van der Waals surface area contributed by atoms with Crippen LogP contribution < -0.4 is 10.6 Å². The minimum Gasteiger partial charge on any atom is -0.458 e. The van der Waals surface area contributed by atoms with Crippen LogP contribution in [-0.4, -0.2) is 36.2 Å². The Morgan fingerprint density at radius 1 is 1.08 bits per heavy atom. The van der Waals surface area contributed by atoms with Gasteiger partial charge in [-0.1, -0.05) is 44.2 Å². The van der Waals surface area contributed by atoms with Crippen LogP contribution in [-0.2, 0) is 25.7 Å². The molecule has 1 aromatic rings. The number of rotatable bonds is 7. The number of amides is 2. The SMILES string of the molecule is CC(C)[C@H](NC(=O)CNC(=O)OCc1ccccc1)C(=O)OC(C)(C)C. The first-order valence-electron chi connectivity index (χ1n) is 8.55. The zero-order chi connectivity index (χ0) is 19.7. The first kappa shape index (κ1) is 21.5. The molecule has 0 spiro atoms. The first-order chi connectivity index (χ1) is 12.1. The van der Waals surface area contributed by atoms with Crippen LogP contribution in [0.5, 0.6) is 0 Å². The molecule has 0 aliphatic carbocycles. The molecule has 7 nitrogen and oxygen atoms in total. The summed E-state index contributed by atoms with van der Waals surface area (Å²) in [5.74, 6) is -1.16. The van der Waals surface area contributed by atoms with Gasteiger partial charge in [0.05, 0.1) is 0 Å². The van der Waals surface area contributed by atoms with Crippen molar-refractivity contribution in [1.29, 1.82) is 0 Å². The summed E-state index contributed by atoms with van der Waals surface area (Å²) in [5.41, 5.74) is 0.200. The lowest BCUT2D eigenvalue weighted by Gasteiger charge is -2.26. The van der Waals surface area contributed by atoms with E-state index < -0.39 is 29.6 Å². The molecule has 0 aliphatic rings. The van der Waals surface area contributed by atoms with Gasteiger partial charge in [-0.15, -0.1) is 0 Å². The molecular weight excluding hydrogens is 336 g/mol.